The standard InChI is InChI=1S/C17H23N3O/c1-11-7-5-6-8-12(11)10-19-16-15(18)13(21)9-14(20-16)17(2,3)4/h5-9H,10,18H2,1-4H3,(H2,19,20,21). The predicted octanol–water partition coefficient (Wildman–Crippen LogP) is 3.18. The SMILES string of the molecule is Cc1ccccc1CNc1[nH]c(C(C)(C)C)cc(=O)c1N. The summed E-state index contributed by atoms with van der Waals surface area (Å²) in [7, 11) is 0. The molecule has 0 amide bonds. The minimum Gasteiger partial charge on any atom is -0.393 e. The lowest BCUT2D eigenvalue weighted by Gasteiger charge is -2.21. The Labute approximate surface area is 125 Å². The van der Waals surface area contributed by atoms with Crippen LogP contribution in [0.4, 0.5) is 11.5 Å². The largest absolute Gasteiger partial charge is 0.393 e. The van der Waals surface area contributed by atoms with Crippen molar-refractivity contribution in [1.29, 1.82) is 0 Å². The fourth-order valence-corrected chi connectivity index (χ4v) is 2.11. The van der Waals surface area contributed by atoms with Crippen molar-refractivity contribution in [1.82, 2.24) is 4.98 Å². The van der Waals surface area contributed by atoms with E-state index in [4.69, 9.17) is 5.73 Å². The van der Waals surface area contributed by atoms with Crippen LogP contribution in [-0.4, -0.2) is 4.98 Å². The third-order valence-corrected chi connectivity index (χ3v) is 3.59. The van der Waals surface area contributed by atoms with Crippen LogP contribution in [0.2, 0.25) is 0 Å². The Balaban J connectivity index is 2.30. The van der Waals surface area contributed by atoms with E-state index in [1.807, 2.05) is 12.1 Å². The first-order valence-electron chi connectivity index (χ1n) is 7.10. The van der Waals surface area contributed by atoms with E-state index in [0.717, 1.165) is 5.69 Å². The lowest BCUT2D eigenvalue weighted by molar-refractivity contribution is 0.569. The molecule has 0 aliphatic carbocycles. The Morgan fingerprint density at radius 1 is 1.24 bits per heavy atom. The van der Waals surface area contributed by atoms with Crippen molar-refractivity contribution in [2.75, 3.05) is 11.1 Å². The van der Waals surface area contributed by atoms with Gasteiger partial charge in [-0.1, -0.05) is 45.0 Å². The second-order valence-corrected chi connectivity index (χ2v) is 6.37. The molecule has 1 aromatic heterocycles. The zero-order valence-corrected chi connectivity index (χ0v) is 13.1. The van der Waals surface area contributed by atoms with Gasteiger partial charge in [-0.2, -0.15) is 0 Å². The second-order valence-electron chi connectivity index (χ2n) is 6.37. The average Bonchev–Trinajstić information content (AvgIpc) is 2.40. The number of hydrogen-bond donors (Lipinski definition) is 3. The van der Waals surface area contributed by atoms with Crippen LogP contribution < -0.4 is 16.5 Å². The molecule has 1 aromatic carbocycles. The van der Waals surface area contributed by atoms with Gasteiger partial charge in [-0.05, 0) is 18.1 Å². The number of aromatic nitrogens is 1. The minimum atomic E-state index is -0.147. The molecule has 112 valence electrons. The number of H-pyrrole nitrogens is 1. The monoisotopic (exact) mass is 285 g/mol. The zero-order valence-electron chi connectivity index (χ0n) is 13.1. The third-order valence-electron chi connectivity index (χ3n) is 3.59. The number of benzene rings is 1. The molecular weight excluding hydrogens is 262 g/mol. The van der Waals surface area contributed by atoms with Gasteiger partial charge in [0, 0.05) is 23.7 Å². The Hall–Kier alpha value is -2.23. The maximum absolute atomic E-state index is 12.0. The highest BCUT2D eigenvalue weighted by molar-refractivity contribution is 5.61. The van der Waals surface area contributed by atoms with Gasteiger partial charge in [-0.15, -0.1) is 0 Å². The summed E-state index contributed by atoms with van der Waals surface area (Å²) in [4.78, 5) is 15.2. The van der Waals surface area contributed by atoms with Gasteiger partial charge in [0.25, 0.3) is 0 Å². The summed E-state index contributed by atoms with van der Waals surface area (Å²) in [6, 6.07) is 9.71. The molecule has 0 atom stereocenters. The summed E-state index contributed by atoms with van der Waals surface area (Å²) in [5.41, 5.74) is 9.10. The molecule has 0 unspecified atom stereocenters. The Kier molecular flexibility index (Phi) is 4.07. The van der Waals surface area contributed by atoms with Gasteiger partial charge < -0.3 is 16.0 Å². The highest BCUT2D eigenvalue weighted by Gasteiger charge is 2.17. The van der Waals surface area contributed by atoms with Gasteiger partial charge in [0.05, 0.1) is 0 Å². The Morgan fingerprint density at radius 2 is 1.90 bits per heavy atom. The highest BCUT2D eigenvalue weighted by Crippen LogP contribution is 2.22. The van der Waals surface area contributed by atoms with E-state index >= 15 is 0 Å². The number of pyridine rings is 1. The lowest BCUT2D eigenvalue weighted by atomic mass is 9.91. The van der Waals surface area contributed by atoms with Crippen molar-refractivity contribution in [3.8, 4) is 0 Å². The Morgan fingerprint density at radius 3 is 2.52 bits per heavy atom. The fraction of sp³-hybridized carbons (Fsp3) is 0.353. The van der Waals surface area contributed by atoms with Crippen LogP contribution in [0.1, 0.15) is 37.6 Å². The number of nitrogens with two attached hydrogens (primary N) is 1. The van der Waals surface area contributed by atoms with E-state index in [0.29, 0.717) is 12.4 Å². The Bertz CT molecular complexity index is 696. The summed E-state index contributed by atoms with van der Waals surface area (Å²) >= 11 is 0. The summed E-state index contributed by atoms with van der Waals surface area (Å²) in [6.07, 6.45) is 0. The quantitative estimate of drug-likeness (QED) is 0.811. The molecule has 0 radical (unpaired) electrons. The van der Waals surface area contributed by atoms with E-state index in [9.17, 15) is 4.79 Å². The molecule has 4 heteroatoms. The third kappa shape index (κ3) is 3.45. The normalized spacial score (nSPS) is 11.4. The number of nitrogen functional groups attached to an aromatic ring is 1. The smallest absolute Gasteiger partial charge is 0.206 e. The van der Waals surface area contributed by atoms with Crippen molar-refractivity contribution in [2.45, 2.75) is 39.7 Å². The average molecular weight is 285 g/mol. The van der Waals surface area contributed by atoms with Gasteiger partial charge in [0.1, 0.15) is 11.5 Å². The summed E-state index contributed by atoms with van der Waals surface area (Å²) in [6.45, 7) is 8.86. The fourth-order valence-electron chi connectivity index (χ4n) is 2.11. The number of anilines is 2. The molecule has 0 aliphatic heterocycles. The van der Waals surface area contributed by atoms with Gasteiger partial charge in [-0.25, -0.2) is 0 Å². The first-order valence-corrected chi connectivity index (χ1v) is 7.10. The molecule has 4 nitrogen and oxygen atoms in total. The summed E-state index contributed by atoms with van der Waals surface area (Å²) in [5, 5.41) is 3.24. The maximum atomic E-state index is 12.0. The first-order chi connectivity index (χ1) is 9.79. The van der Waals surface area contributed by atoms with E-state index < -0.39 is 0 Å². The lowest BCUT2D eigenvalue weighted by Crippen LogP contribution is -2.21. The van der Waals surface area contributed by atoms with Crippen LogP contribution in [0.25, 0.3) is 0 Å². The molecule has 0 saturated heterocycles. The van der Waals surface area contributed by atoms with Crippen LogP contribution in [0.5, 0.6) is 0 Å². The van der Waals surface area contributed by atoms with Crippen molar-refractivity contribution in [2.24, 2.45) is 0 Å². The van der Waals surface area contributed by atoms with E-state index in [1.54, 1.807) is 6.07 Å². The second kappa shape index (κ2) is 5.64. The molecule has 0 fully saturated rings. The van der Waals surface area contributed by atoms with Gasteiger partial charge in [0.2, 0.25) is 5.43 Å². The van der Waals surface area contributed by atoms with Crippen LogP contribution in [0, 0.1) is 6.92 Å². The van der Waals surface area contributed by atoms with Crippen molar-refractivity contribution >= 4 is 11.5 Å². The molecule has 0 aliphatic rings. The van der Waals surface area contributed by atoms with Crippen LogP contribution in [-0.2, 0) is 12.0 Å². The molecule has 1 heterocycles. The zero-order chi connectivity index (χ0) is 15.6. The van der Waals surface area contributed by atoms with E-state index in [1.165, 1.54) is 11.1 Å². The molecule has 0 bridgehead atoms. The van der Waals surface area contributed by atoms with Gasteiger partial charge in [0.15, 0.2) is 0 Å². The van der Waals surface area contributed by atoms with Gasteiger partial charge in [-0.3, -0.25) is 4.79 Å². The van der Waals surface area contributed by atoms with Crippen molar-refractivity contribution in [3.63, 3.8) is 0 Å². The number of rotatable bonds is 3. The predicted molar refractivity (Wildman–Crippen MR) is 88.7 cm³/mol. The molecule has 0 spiro atoms. The van der Waals surface area contributed by atoms with Crippen LogP contribution in [0.3, 0.4) is 0 Å². The van der Waals surface area contributed by atoms with Crippen molar-refractivity contribution < 1.29 is 0 Å². The number of hydrogen-bond acceptors (Lipinski definition) is 3. The molecule has 21 heavy (non-hydrogen) atoms. The topological polar surface area (TPSA) is 70.9 Å². The first kappa shape index (κ1) is 15.2. The van der Waals surface area contributed by atoms with E-state index in [-0.39, 0.29) is 16.5 Å². The summed E-state index contributed by atoms with van der Waals surface area (Å²) in [5.74, 6) is 0.593. The minimum absolute atomic E-state index is 0.133. The molecule has 0 saturated carbocycles. The van der Waals surface area contributed by atoms with Crippen LogP contribution >= 0.6 is 0 Å². The number of aryl methyl sites for hydroxylation is 1. The maximum Gasteiger partial charge on any atom is 0.206 e. The molecule has 2 rings (SSSR count). The highest BCUT2D eigenvalue weighted by atomic mass is 16.1. The van der Waals surface area contributed by atoms with Crippen molar-refractivity contribution in [3.05, 3.63) is 57.4 Å². The van der Waals surface area contributed by atoms with Crippen LogP contribution in [0.15, 0.2) is 35.1 Å². The molecular formula is C17H23N3O. The van der Waals surface area contributed by atoms with Gasteiger partial charge >= 0.3 is 0 Å². The van der Waals surface area contributed by atoms with E-state index in [2.05, 4.69) is 50.1 Å². The number of aromatic amines is 1. The number of nitrogens with one attached hydrogen (secondary N) is 2. The molecule has 4 N–H and O–H groups in total. The summed E-state index contributed by atoms with van der Waals surface area (Å²) < 4.78 is 0. The molecule has 2 aromatic rings.